The molecule has 0 saturated heterocycles. The van der Waals surface area contributed by atoms with E-state index in [1.54, 1.807) is 19.1 Å². The van der Waals surface area contributed by atoms with Crippen LogP contribution in [0.2, 0.25) is 0 Å². The van der Waals surface area contributed by atoms with Crippen LogP contribution >= 0.6 is 0 Å². The summed E-state index contributed by atoms with van der Waals surface area (Å²) in [5.74, 6) is 1.79. The van der Waals surface area contributed by atoms with E-state index in [4.69, 9.17) is 9.72 Å². The third kappa shape index (κ3) is 11.5. The Morgan fingerprint density at radius 2 is 1.43 bits per heavy atom. The number of aryl methyl sites for hydroxylation is 1. The predicted molar refractivity (Wildman–Crippen MR) is 174 cm³/mol. The lowest BCUT2D eigenvalue weighted by Gasteiger charge is -2.28. The number of esters is 1. The fourth-order valence-electron chi connectivity index (χ4n) is 6.46. The Kier molecular flexibility index (Phi) is 15.1. The van der Waals surface area contributed by atoms with Crippen molar-refractivity contribution in [2.45, 2.75) is 143 Å². The van der Waals surface area contributed by atoms with E-state index in [0.717, 1.165) is 35.9 Å². The zero-order valence-electron chi connectivity index (χ0n) is 26.8. The Bertz CT molecular complexity index is 1060. The van der Waals surface area contributed by atoms with Gasteiger partial charge in [0.25, 0.3) is 0 Å². The van der Waals surface area contributed by atoms with Crippen molar-refractivity contribution < 1.29 is 9.53 Å². The molecule has 1 heterocycles. The van der Waals surface area contributed by atoms with E-state index < -0.39 is 11.4 Å². The summed E-state index contributed by atoms with van der Waals surface area (Å²) in [7, 11) is 0. The minimum Gasteiger partial charge on any atom is -0.425 e. The normalized spacial score (nSPS) is 18.2. The zero-order chi connectivity index (χ0) is 30.0. The van der Waals surface area contributed by atoms with Crippen LogP contribution in [0.4, 0.5) is 0 Å². The number of carbonyl (C=O) groups excluding carboxylic acids is 1. The highest BCUT2D eigenvalue weighted by Crippen LogP contribution is 2.34. The van der Waals surface area contributed by atoms with Gasteiger partial charge in [0.2, 0.25) is 0 Å². The van der Waals surface area contributed by atoms with E-state index in [2.05, 4.69) is 25.1 Å². The number of nitriles is 1. The van der Waals surface area contributed by atoms with Gasteiger partial charge in [-0.2, -0.15) is 5.26 Å². The van der Waals surface area contributed by atoms with Crippen LogP contribution in [0, 0.1) is 28.6 Å². The lowest BCUT2D eigenvalue weighted by atomic mass is 9.78. The van der Waals surface area contributed by atoms with Crippen LogP contribution in [0.5, 0.6) is 5.75 Å². The number of aromatic nitrogens is 1. The number of nitrogens with zero attached hydrogens (tertiary/aromatic N) is 2. The van der Waals surface area contributed by atoms with Crippen LogP contribution in [0.25, 0.3) is 11.3 Å². The quantitative estimate of drug-likeness (QED) is 0.0954. The molecule has 0 bridgehead atoms. The molecule has 0 spiro atoms. The van der Waals surface area contributed by atoms with Gasteiger partial charge in [0.15, 0.2) is 5.41 Å². The number of rotatable bonds is 19. The highest BCUT2D eigenvalue weighted by atomic mass is 16.5. The Hall–Kier alpha value is -2.67. The first-order chi connectivity index (χ1) is 20.5. The molecular formula is C38H56N2O2. The van der Waals surface area contributed by atoms with E-state index in [1.165, 1.54) is 108 Å². The van der Waals surface area contributed by atoms with Crippen molar-refractivity contribution in [1.82, 2.24) is 4.98 Å². The van der Waals surface area contributed by atoms with Gasteiger partial charge in [0.1, 0.15) is 5.75 Å². The molecule has 1 atom stereocenters. The Labute approximate surface area is 256 Å². The zero-order valence-corrected chi connectivity index (χ0v) is 26.8. The fraction of sp³-hybridized carbons (Fsp3) is 0.658. The maximum atomic E-state index is 12.5. The molecule has 1 unspecified atom stereocenters. The molecule has 1 aliphatic rings. The second-order valence-corrected chi connectivity index (χ2v) is 13.1. The molecule has 1 aromatic carbocycles. The van der Waals surface area contributed by atoms with Gasteiger partial charge in [-0.25, -0.2) is 4.79 Å². The minimum atomic E-state index is -1.11. The summed E-state index contributed by atoms with van der Waals surface area (Å²) in [5, 5.41) is 9.42. The van der Waals surface area contributed by atoms with Gasteiger partial charge in [-0.05, 0) is 73.9 Å². The molecule has 0 N–H and O–H groups in total. The average Bonchev–Trinajstić information content (AvgIpc) is 3.02. The Morgan fingerprint density at radius 1 is 0.833 bits per heavy atom. The summed E-state index contributed by atoms with van der Waals surface area (Å²) in [6.45, 7) is 5.89. The van der Waals surface area contributed by atoms with Crippen LogP contribution in [0.15, 0.2) is 42.6 Å². The van der Waals surface area contributed by atoms with Crippen LogP contribution in [0.1, 0.15) is 142 Å². The number of carbonyl (C=O) groups is 1. The molecule has 4 nitrogen and oxygen atoms in total. The standard InChI is InChI=1S/C38H56N2O2/c1-4-6-7-8-9-10-11-12-13-14-15-31-16-18-32(19-17-31)20-21-33-22-27-36(40-29-33)34-23-25-35(26-24-34)42-37(41)38(3,30-39)28-5-2/h22-27,29,31-32H,4-21,28H2,1-3H3. The van der Waals surface area contributed by atoms with Crippen LogP contribution in [-0.2, 0) is 11.2 Å². The van der Waals surface area contributed by atoms with E-state index in [-0.39, 0.29) is 0 Å². The molecule has 230 valence electrons. The summed E-state index contributed by atoms with van der Waals surface area (Å²) in [6, 6.07) is 13.8. The molecule has 4 heteroatoms. The third-order valence-electron chi connectivity index (χ3n) is 9.41. The minimum absolute atomic E-state index is 0.455. The van der Waals surface area contributed by atoms with E-state index in [0.29, 0.717) is 12.2 Å². The van der Waals surface area contributed by atoms with Crippen molar-refractivity contribution in [3.05, 3.63) is 48.2 Å². The van der Waals surface area contributed by atoms with Crippen molar-refractivity contribution >= 4 is 5.97 Å². The molecule has 2 aromatic rings. The average molecular weight is 573 g/mol. The first-order valence-electron chi connectivity index (χ1n) is 17.2. The topological polar surface area (TPSA) is 63.0 Å². The van der Waals surface area contributed by atoms with E-state index in [1.807, 2.05) is 25.3 Å². The molecule has 3 rings (SSSR count). The van der Waals surface area contributed by atoms with Gasteiger partial charge in [0.05, 0.1) is 11.8 Å². The number of unbranched alkanes of at least 4 members (excludes halogenated alkanes) is 9. The molecular weight excluding hydrogens is 516 g/mol. The molecule has 1 aromatic heterocycles. The summed E-state index contributed by atoms with van der Waals surface area (Å²) < 4.78 is 5.50. The first-order valence-corrected chi connectivity index (χ1v) is 17.2. The number of pyridine rings is 1. The second kappa shape index (κ2) is 18.8. The van der Waals surface area contributed by atoms with Gasteiger partial charge in [-0.15, -0.1) is 0 Å². The van der Waals surface area contributed by atoms with Gasteiger partial charge in [-0.1, -0.05) is 123 Å². The predicted octanol–water partition coefficient (Wildman–Crippen LogP) is 11.0. The number of hydrogen-bond donors (Lipinski definition) is 0. The van der Waals surface area contributed by atoms with Gasteiger partial charge < -0.3 is 4.74 Å². The number of benzene rings is 1. The first kappa shape index (κ1) is 33.8. The fourth-order valence-corrected chi connectivity index (χ4v) is 6.46. The van der Waals surface area contributed by atoms with Crippen molar-refractivity contribution in [1.29, 1.82) is 5.26 Å². The molecule has 42 heavy (non-hydrogen) atoms. The maximum Gasteiger partial charge on any atom is 0.331 e. The van der Waals surface area contributed by atoms with Crippen LogP contribution in [-0.4, -0.2) is 11.0 Å². The lowest BCUT2D eigenvalue weighted by Crippen LogP contribution is -2.30. The summed E-state index contributed by atoms with van der Waals surface area (Å²) >= 11 is 0. The molecule has 0 aliphatic heterocycles. The van der Waals surface area contributed by atoms with Gasteiger partial charge in [-0.3, -0.25) is 4.98 Å². The largest absolute Gasteiger partial charge is 0.425 e. The molecule has 1 aliphatic carbocycles. The van der Waals surface area contributed by atoms with Crippen molar-refractivity contribution in [2.24, 2.45) is 17.3 Å². The monoisotopic (exact) mass is 572 g/mol. The Balaban J connectivity index is 1.31. The highest BCUT2D eigenvalue weighted by molar-refractivity contribution is 5.81. The van der Waals surface area contributed by atoms with E-state index in [9.17, 15) is 10.1 Å². The smallest absolute Gasteiger partial charge is 0.331 e. The third-order valence-corrected chi connectivity index (χ3v) is 9.41. The maximum absolute atomic E-state index is 12.5. The SMILES string of the molecule is CCCCCCCCCCCCC1CCC(CCc2ccc(-c3ccc(OC(=O)C(C)(C#N)CCC)cc3)nc2)CC1. The number of hydrogen-bond acceptors (Lipinski definition) is 4. The van der Waals surface area contributed by atoms with Gasteiger partial charge >= 0.3 is 5.97 Å². The number of ether oxygens (including phenoxy) is 1. The lowest BCUT2D eigenvalue weighted by molar-refractivity contribution is -0.142. The molecule has 0 amide bonds. The second-order valence-electron chi connectivity index (χ2n) is 13.1. The van der Waals surface area contributed by atoms with Crippen molar-refractivity contribution in [2.75, 3.05) is 0 Å². The van der Waals surface area contributed by atoms with E-state index >= 15 is 0 Å². The molecule has 1 fully saturated rings. The van der Waals surface area contributed by atoms with Crippen LogP contribution in [0.3, 0.4) is 0 Å². The molecule has 1 saturated carbocycles. The Morgan fingerprint density at radius 3 is 1.98 bits per heavy atom. The van der Waals surface area contributed by atoms with Crippen LogP contribution < -0.4 is 4.74 Å². The molecule has 0 radical (unpaired) electrons. The summed E-state index contributed by atoms with van der Waals surface area (Å²) in [4.78, 5) is 17.2. The van der Waals surface area contributed by atoms with Crippen molar-refractivity contribution in [3.63, 3.8) is 0 Å². The summed E-state index contributed by atoms with van der Waals surface area (Å²) in [5.41, 5.74) is 2.09. The highest BCUT2D eigenvalue weighted by Gasteiger charge is 2.34. The van der Waals surface area contributed by atoms with Crippen molar-refractivity contribution in [3.8, 4) is 23.1 Å². The van der Waals surface area contributed by atoms with Gasteiger partial charge in [0, 0.05) is 11.8 Å². The summed E-state index contributed by atoms with van der Waals surface area (Å²) in [6.07, 6.45) is 27.0.